The summed E-state index contributed by atoms with van der Waals surface area (Å²) < 4.78 is 5.16. The molecule has 0 spiro atoms. The van der Waals surface area contributed by atoms with Crippen molar-refractivity contribution in [3.63, 3.8) is 0 Å². The third-order valence-corrected chi connectivity index (χ3v) is 4.30. The summed E-state index contributed by atoms with van der Waals surface area (Å²) in [5, 5.41) is 2.89. The molecular formula is C18H17N3O2. The fourth-order valence-electron chi connectivity index (χ4n) is 2.93. The first kappa shape index (κ1) is 13.8. The van der Waals surface area contributed by atoms with Crippen molar-refractivity contribution in [2.75, 3.05) is 12.4 Å². The number of rotatable bonds is 4. The molecule has 1 aliphatic carbocycles. The molecule has 1 aliphatic rings. The van der Waals surface area contributed by atoms with E-state index < -0.39 is 0 Å². The molecule has 0 saturated heterocycles. The van der Waals surface area contributed by atoms with Gasteiger partial charge in [0, 0.05) is 5.92 Å². The number of hydrogen-bond acceptors (Lipinski definition) is 3. The third-order valence-electron chi connectivity index (χ3n) is 4.30. The van der Waals surface area contributed by atoms with Crippen molar-refractivity contribution in [2.24, 2.45) is 5.92 Å². The SMILES string of the molecule is COc1ccc(C2CC2C(=O)Nc2nc3ccccc3[nH]2)cc1. The van der Waals surface area contributed by atoms with E-state index in [1.807, 2.05) is 48.5 Å². The summed E-state index contributed by atoms with van der Waals surface area (Å²) >= 11 is 0. The Balaban J connectivity index is 1.43. The molecule has 0 radical (unpaired) electrons. The highest BCUT2D eigenvalue weighted by Gasteiger charge is 2.44. The quantitative estimate of drug-likeness (QED) is 0.777. The van der Waals surface area contributed by atoms with Gasteiger partial charge >= 0.3 is 0 Å². The Hall–Kier alpha value is -2.82. The lowest BCUT2D eigenvalue weighted by molar-refractivity contribution is -0.117. The van der Waals surface area contributed by atoms with Gasteiger partial charge in [-0.3, -0.25) is 10.1 Å². The minimum absolute atomic E-state index is 0.0107. The Morgan fingerprint density at radius 2 is 2.00 bits per heavy atom. The van der Waals surface area contributed by atoms with Gasteiger partial charge in [-0.1, -0.05) is 24.3 Å². The van der Waals surface area contributed by atoms with Crippen molar-refractivity contribution in [3.8, 4) is 5.75 Å². The first-order valence-electron chi connectivity index (χ1n) is 7.64. The van der Waals surface area contributed by atoms with E-state index in [0.29, 0.717) is 5.95 Å². The zero-order valence-corrected chi connectivity index (χ0v) is 12.7. The number of anilines is 1. The van der Waals surface area contributed by atoms with Crippen LogP contribution in [0.15, 0.2) is 48.5 Å². The maximum atomic E-state index is 12.4. The van der Waals surface area contributed by atoms with E-state index in [4.69, 9.17) is 4.74 Å². The van der Waals surface area contributed by atoms with Crippen molar-refractivity contribution in [1.29, 1.82) is 0 Å². The van der Waals surface area contributed by atoms with Crippen LogP contribution in [-0.2, 0) is 4.79 Å². The lowest BCUT2D eigenvalue weighted by atomic mass is 10.1. The number of benzene rings is 2. The van der Waals surface area contributed by atoms with E-state index in [9.17, 15) is 4.79 Å². The van der Waals surface area contributed by atoms with Gasteiger partial charge in [-0.15, -0.1) is 0 Å². The van der Waals surface area contributed by atoms with Crippen LogP contribution < -0.4 is 10.1 Å². The van der Waals surface area contributed by atoms with E-state index in [0.717, 1.165) is 23.2 Å². The molecule has 23 heavy (non-hydrogen) atoms. The third kappa shape index (κ3) is 2.65. The van der Waals surface area contributed by atoms with Gasteiger partial charge in [0.25, 0.3) is 0 Å². The summed E-state index contributed by atoms with van der Waals surface area (Å²) in [4.78, 5) is 19.9. The van der Waals surface area contributed by atoms with Gasteiger partial charge in [-0.25, -0.2) is 4.98 Å². The van der Waals surface area contributed by atoms with Gasteiger partial charge in [-0.05, 0) is 42.2 Å². The van der Waals surface area contributed by atoms with Crippen LogP contribution in [0.3, 0.4) is 0 Å². The first-order chi connectivity index (χ1) is 11.2. The molecule has 1 aromatic heterocycles. The van der Waals surface area contributed by atoms with Crippen LogP contribution in [-0.4, -0.2) is 23.0 Å². The van der Waals surface area contributed by atoms with Crippen LogP contribution in [0, 0.1) is 5.92 Å². The summed E-state index contributed by atoms with van der Waals surface area (Å²) in [7, 11) is 1.65. The lowest BCUT2D eigenvalue weighted by Gasteiger charge is -2.03. The van der Waals surface area contributed by atoms with E-state index in [1.54, 1.807) is 7.11 Å². The van der Waals surface area contributed by atoms with Gasteiger partial charge in [0.2, 0.25) is 11.9 Å². The number of aromatic nitrogens is 2. The Morgan fingerprint density at radius 3 is 2.74 bits per heavy atom. The Bertz CT molecular complexity index is 821. The van der Waals surface area contributed by atoms with Crippen molar-refractivity contribution in [1.82, 2.24) is 9.97 Å². The molecule has 0 aliphatic heterocycles. The molecule has 2 atom stereocenters. The van der Waals surface area contributed by atoms with Gasteiger partial charge < -0.3 is 9.72 Å². The second-order valence-corrected chi connectivity index (χ2v) is 5.81. The zero-order chi connectivity index (χ0) is 15.8. The Kier molecular flexibility index (Phi) is 3.26. The highest BCUT2D eigenvalue weighted by Crippen LogP contribution is 2.48. The normalized spacial score (nSPS) is 19.5. The van der Waals surface area contributed by atoms with Crippen molar-refractivity contribution < 1.29 is 9.53 Å². The number of carbonyl (C=O) groups excluding carboxylic acids is 1. The van der Waals surface area contributed by atoms with Crippen LogP contribution in [0.4, 0.5) is 5.95 Å². The van der Waals surface area contributed by atoms with Crippen molar-refractivity contribution in [2.45, 2.75) is 12.3 Å². The van der Waals surface area contributed by atoms with Crippen LogP contribution in [0.5, 0.6) is 5.75 Å². The zero-order valence-electron chi connectivity index (χ0n) is 12.7. The summed E-state index contributed by atoms with van der Waals surface area (Å²) in [6, 6.07) is 15.6. The number of nitrogens with one attached hydrogen (secondary N) is 2. The number of ether oxygens (including phenoxy) is 1. The number of fused-ring (bicyclic) bond motifs is 1. The van der Waals surface area contributed by atoms with Crippen LogP contribution in [0.2, 0.25) is 0 Å². The maximum absolute atomic E-state index is 12.4. The number of hydrogen-bond donors (Lipinski definition) is 2. The Labute approximate surface area is 133 Å². The Morgan fingerprint density at radius 1 is 1.22 bits per heavy atom. The molecule has 2 unspecified atom stereocenters. The van der Waals surface area contributed by atoms with Crippen LogP contribution in [0.25, 0.3) is 11.0 Å². The van der Waals surface area contributed by atoms with Gasteiger partial charge in [-0.2, -0.15) is 0 Å². The molecule has 5 heteroatoms. The van der Waals surface area contributed by atoms with Gasteiger partial charge in [0.15, 0.2) is 0 Å². The molecule has 1 saturated carbocycles. The largest absolute Gasteiger partial charge is 0.497 e. The molecule has 1 amide bonds. The van der Waals surface area contributed by atoms with Crippen LogP contribution >= 0.6 is 0 Å². The number of carbonyl (C=O) groups is 1. The minimum Gasteiger partial charge on any atom is -0.497 e. The molecule has 2 aromatic carbocycles. The monoisotopic (exact) mass is 307 g/mol. The van der Waals surface area contributed by atoms with Crippen molar-refractivity contribution in [3.05, 3.63) is 54.1 Å². The van der Waals surface area contributed by atoms with Gasteiger partial charge in [0.1, 0.15) is 5.75 Å². The number of amides is 1. The molecule has 1 fully saturated rings. The van der Waals surface area contributed by atoms with E-state index in [-0.39, 0.29) is 17.7 Å². The van der Waals surface area contributed by atoms with E-state index in [2.05, 4.69) is 15.3 Å². The smallest absolute Gasteiger partial charge is 0.230 e. The second kappa shape index (κ2) is 5.43. The fraction of sp³-hybridized carbons (Fsp3) is 0.222. The predicted molar refractivity (Wildman–Crippen MR) is 88.6 cm³/mol. The number of para-hydroxylation sites is 2. The highest BCUT2D eigenvalue weighted by atomic mass is 16.5. The number of H-pyrrole nitrogens is 1. The topological polar surface area (TPSA) is 67.0 Å². The number of nitrogens with zero attached hydrogens (tertiary/aromatic N) is 1. The molecule has 4 rings (SSSR count). The summed E-state index contributed by atoms with van der Waals surface area (Å²) in [5.74, 6) is 1.65. The summed E-state index contributed by atoms with van der Waals surface area (Å²) in [5.41, 5.74) is 2.95. The molecule has 2 N–H and O–H groups in total. The van der Waals surface area contributed by atoms with E-state index >= 15 is 0 Å². The number of imidazole rings is 1. The molecular weight excluding hydrogens is 290 g/mol. The van der Waals surface area contributed by atoms with E-state index in [1.165, 1.54) is 5.56 Å². The number of methoxy groups -OCH3 is 1. The molecule has 5 nitrogen and oxygen atoms in total. The predicted octanol–water partition coefficient (Wildman–Crippen LogP) is 3.31. The summed E-state index contributed by atoms with van der Waals surface area (Å²) in [6.45, 7) is 0. The maximum Gasteiger partial charge on any atom is 0.230 e. The molecule has 0 bridgehead atoms. The summed E-state index contributed by atoms with van der Waals surface area (Å²) in [6.07, 6.45) is 0.873. The highest BCUT2D eigenvalue weighted by molar-refractivity contribution is 5.95. The van der Waals surface area contributed by atoms with Crippen LogP contribution in [0.1, 0.15) is 17.9 Å². The van der Waals surface area contributed by atoms with Crippen molar-refractivity contribution >= 4 is 22.9 Å². The molecule has 1 heterocycles. The fourth-order valence-corrected chi connectivity index (χ4v) is 2.93. The average molecular weight is 307 g/mol. The average Bonchev–Trinajstić information content (AvgIpc) is 3.28. The standard InChI is InChI=1S/C18H17N3O2/c1-23-12-8-6-11(7-9-12)13-10-14(13)17(22)21-18-19-15-4-2-3-5-16(15)20-18/h2-9,13-14H,10H2,1H3,(H2,19,20,21,22). The minimum atomic E-state index is 0.0107. The molecule has 3 aromatic rings. The molecule has 116 valence electrons. The number of aromatic amines is 1. The van der Waals surface area contributed by atoms with Gasteiger partial charge in [0.05, 0.1) is 18.1 Å². The lowest BCUT2D eigenvalue weighted by Crippen LogP contribution is -2.15. The first-order valence-corrected chi connectivity index (χ1v) is 7.64. The second-order valence-electron chi connectivity index (χ2n) is 5.81.